The van der Waals surface area contributed by atoms with Gasteiger partial charge < -0.3 is 15.0 Å². The third-order valence-electron chi connectivity index (χ3n) is 5.52. The van der Waals surface area contributed by atoms with Gasteiger partial charge in [-0.15, -0.1) is 0 Å². The number of carbonyl (C=O) groups is 1. The highest BCUT2D eigenvalue weighted by molar-refractivity contribution is 6.05. The van der Waals surface area contributed by atoms with Gasteiger partial charge in [0.2, 0.25) is 0 Å². The van der Waals surface area contributed by atoms with Crippen LogP contribution >= 0.6 is 0 Å². The Labute approximate surface area is 163 Å². The minimum Gasteiger partial charge on any atom is -0.391 e. The minimum absolute atomic E-state index is 0.227. The average molecular weight is 381 g/mol. The van der Waals surface area contributed by atoms with Crippen LogP contribution in [-0.2, 0) is 6.54 Å². The van der Waals surface area contributed by atoms with Crippen molar-refractivity contribution in [1.82, 2.24) is 14.9 Å². The molecule has 146 valence electrons. The third-order valence-corrected chi connectivity index (χ3v) is 5.52. The zero-order valence-corrected chi connectivity index (χ0v) is 15.9. The second kappa shape index (κ2) is 7.72. The van der Waals surface area contributed by atoms with Gasteiger partial charge in [0.1, 0.15) is 11.3 Å². The predicted molar refractivity (Wildman–Crippen MR) is 106 cm³/mol. The van der Waals surface area contributed by atoms with Gasteiger partial charge in [-0.3, -0.25) is 9.78 Å². The standard InChI is InChI=1S/C22H24FN3O2/c1-14-8-9-15(11-17(14)23)12-26-13-16(21-19(26)6-4-10-24-21)22(28)25-18-5-2-3-7-20(18)27/h4,6,8-11,13,18,20,27H,2-3,5,7,12H2,1H3,(H,25,28). The molecule has 1 aliphatic rings. The Morgan fingerprint density at radius 2 is 2.14 bits per heavy atom. The number of halogens is 1. The normalized spacial score (nSPS) is 19.7. The number of amides is 1. The maximum Gasteiger partial charge on any atom is 0.255 e. The van der Waals surface area contributed by atoms with Crippen molar-refractivity contribution in [2.24, 2.45) is 0 Å². The first kappa shape index (κ1) is 18.6. The predicted octanol–water partition coefficient (Wildman–Crippen LogP) is 3.57. The number of aromatic nitrogens is 2. The molecule has 1 fully saturated rings. The van der Waals surface area contributed by atoms with E-state index in [0.29, 0.717) is 29.6 Å². The Morgan fingerprint density at radius 1 is 1.32 bits per heavy atom. The fourth-order valence-electron chi connectivity index (χ4n) is 3.88. The fourth-order valence-corrected chi connectivity index (χ4v) is 3.88. The summed E-state index contributed by atoms with van der Waals surface area (Å²) in [6.07, 6.45) is 6.40. The van der Waals surface area contributed by atoms with Gasteiger partial charge in [-0.25, -0.2) is 4.39 Å². The van der Waals surface area contributed by atoms with E-state index in [1.165, 1.54) is 6.07 Å². The van der Waals surface area contributed by atoms with Gasteiger partial charge >= 0.3 is 0 Å². The van der Waals surface area contributed by atoms with E-state index >= 15 is 0 Å². The first-order valence-corrected chi connectivity index (χ1v) is 9.71. The fraction of sp³-hybridized carbons (Fsp3) is 0.364. The van der Waals surface area contributed by atoms with Crippen molar-refractivity contribution >= 4 is 16.9 Å². The molecule has 1 amide bonds. The Bertz CT molecular complexity index is 1010. The highest BCUT2D eigenvalue weighted by atomic mass is 19.1. The molecular weight excluding hydrogens is 357 g/mol. The van der Waals surface area contributed by atoms with Crippen LogP contribution in [0.5, 0.6) is 0 Å². The molecule has 2 heterocycles. The Morgan fingerprint density at radius 3 is 2.93 bits per heavy atom. The maximum atomic E-state index is 13.9. The summed E-state index contributed by atoms with van der Waals surface area (Å²) in [4.78, 5) is 17.3. The number of fused-ring (bicyclic) bond motifs is 1. The molecule has 1 saturated carbocycles. The molecule has 3 aromatic rings. The summed E-state index contributed by atoms with van der Waals surface area (Å²) in [5, 5.41) is 13.1. The number of rotatable bonds is 4. The summed E-state index contributed by atoms with van der Waals surface area (Å²) in [5.41, 5.74) is 3.32. The van der Waals surface area contributed by atoms with E-state index in [9.17, 15) is 14.3 Å². The van der Waals surface area contributed by atoms with E-state index in [1.807, 2.05) is 22.8 Å². The molecule has 0 spiro atoms. The number of benzene rings is 1. The van der Waals surface area contributed by atoms with Crippen LogP contribution in [0.15, 0.2) is 42.7 Å². The Hall–Kier alpha value is -2.73. The number of aliphatic hydroxyl groups excluding tert-OH is 1. The zero-order valence-electron chi connectivity index (χ0n) is 15.9. The molecule has 1 aliphatic carbocycles. The van der Waals surface area contributed by atoms with Crippen LogP contribution in [0.2, 0.25) is 0 Å². The van der Waals surface area contributed by atoms with Gasteiger partial charge in [0.05, 0.1) is 23.2 Å². The van der Waals surface area contributed by atoms with Crippen molar-refractivity contribution in [2.45, 2.75) is 51.3 Å². The quantitative estimate of drug-likeness (QED) is 0.726. The minimum atomic E-state index is -0.505. The molecule has 1 aromatic carbocycles. The highest BCUT2D eigenvalue weighted by Crippen LogP contribution is 2.23. The van der Waals surface area contributed by atoms with Gasteiger partial charge in [0.25, 0.3) is 5.91 Å². The number of hydrogen-bond acceptors (Lipinski definition) is 3. The summed E-state index contributed by atoms with van der Waals surface area (Å²) in [7, 11) is 0. The van der Waals surface area contributed by atoms with E-state index < -0.39 is 6.10 Å². The lowest BCUT2D eigenvalue weighted by atomic mass is 9.92. The second-order valence-corrected chi connectivity index (χ2v) is 7.56. The molecule has 5 nitrogen and oxygen atoms in total. The van der Waals surface area contributed by atoms with Crippen molar-refractivity contribution < 1.29 is 14.3 Å². The van der Waals surface area contributed by atoms with Crippen LogP contribution in [0.1, 0.15) is 47.2 Å². The van der Waals surface area contributed by atoms with E-state index in [2.05, 4.69) is 10.3 Å². The summed E-state index contributed by atoms with van der Waals surface area (Å²) in [6.45, 7) is 2.18. The van der Waals surface area contributed by atoms with Gasteiger partial charge in [-0.1, -0.05) is 25.0 Å². The number of pyridine rings is 1. The molecule has 0 aliphatic heterocycles. The smallest absolute Gasteiger partial charge is 0.255 e. The molecule has 0 radical (unpaired) electrons. The van der Waals surface area contributed by atoms with Crippen molar-refractivity contribution in [1.29, 1.82) is 0 Å². The number of aliphatic hydroxyl groups is 1. The molecule has 0 bridgehead atoms. The molecule has 28 heavy (non-hydrogen) atoms. The maximum absolute atomic E-state index is 13.9. The molecule has 2 unspecified atom stereocenters. The van der Waals surface area contributed by atoms with Crippen LogP contribution in [0.25, 0.3) is 11.0 Å². The van der Waals surface area contributed by atoms with Gasteiger partial charge in [-0.05, 0) is 49.1 Å². The number of nitrogens with one attached hydrogen (secondary N) is 1. The summed E-state index contributed by atoms with van der Waals surface area (Å²) in [5.74, 6) is -0.472. The lowest BCUT2D eigenvalue weighted by molar-refractivity contribution is 0.0718. The van der Waals surface area contributed by atoms with Crippen LogP contribution in [0, 0.1) is 12.7 Å². The van der Waals surface area contributed by atoms with Crippen LogP contribution in [-0.4, -0.2) is 32.7 Å². The van der Waals surface area contributed by atoms with Crippen molar-refractivity contribution in [3.8, 4) is 0 Å². The van der Waals surface area contributed by atoms with Crippen LogP contribution < -0.4 is 5.32 Å². The number of hydrogen-bond donors (Lipinski definition) is 2. The zero-order chi connectivity index (χ0) is 19.7. The lowest BCUT2D eigenvalue weighted by Gasteiger charge is -2.28. The summed E-state index contributed by atoms with van der Waals surface area (Å²) in [6, 6.07) is 8.66. The number of nitrogens with zero attached hydrogens (tertiary/aromatic N) is 2. The van der Waals surface area contributed by atoms with Crippen LogP contribution in [0.3, 0.4) is 0 Å². The lowest BCUT2D eigenvalue weighted by Crippen LogP contribution is -2.45. The van der Waals surface area contributed by atoms with Gasteiger partial charge in [-0.2, -0.15) is 0 Å². The second-order valence-electron chi connectivity index (χ2n) is 7.56. The summed E-state index contributed by atoms with van der Waals surface area (Å²) >= 11 is 0. The highest BCUT2D eigenvalue weighted by Gasteiger charge is 2.26. The number of aryl methyl sites for hydroxylation is 1. The van der Waals surface area contributed by atoms with Crippen LogP contribution in [0.4, 0.5) is 4.39 Å². The molecule has 0 saturated heterocycles. The average Bonchev–Trinajstić information content (AvgIpc) is 3.05. The third kappa shape index (κ3) is 3.64. The number of carbonyl (C=O) groups excluding carboxylic acids is 1. The topological polar surface area (TPSA) is 67.2 Å². The van der Waals surface area contributed by atoms with E-state index in [-0.39, 0.29) is 17.8 Å². The molecule has 2 atom stereocenters. The van der Waals surface area contributed by atoms with Crippen molar-refractivity contribution in [3.63, 3.8) is 0 Å². The first-order valence-electron chi connectivity index (χ1n) is 9.71. The van der Waals surface area contributed by atoms with E-state index in [1.54, 1.807) is 25.4 Å². The monoisotopic (exact) mass is 381 g/mol. The van der Waals surface area contributed by atoms with E-state index in [0.717, 1.165) is 30.3 Å². The first-order chi connectivity index (χ1) is 13.5. The summed E-state index contributed by atoms with van der Waals surface area (Å²) < 4.78 is 15.8. The van der Waals surface area contributed by atoms with Gasteiger partial charge in [0, 0.05) is 18.9 Å². The molecule has 6 heteroatoms. The van der Waals surface area contributed by atoms with E-state index in [4.69, 9.17) is 0 Å². The Kier molecular flexibility index (Phi) is 5.13. The SMILES string of the molecule is Cc1ccc(Cn2cc(C(=O)NC3CCCCC3O)c3ncccc32)cc1F. The molecule has 2 N–H and O–H groups in total. The Balaban J connectivity index is 1.64. The molecule has 2 aromatic heterocycles. The largest absolute Gasteiger partial charge is 0.391 e. The molecule has 4 rings (SSSR count). The van der Waals surface area contributed by atoms with Crippen molar-refractivity contribution in [2.75, 3.05) is 0 Å². The van der Waals surface area contributed by atoms with Gasteiger partial charge in [0.15, 0.2) is 0 Å². The molecular formula is C22H24FN3O2. The van der Waals surface area contributed by atoms with Crippen molar-refractivity contribution in [3.05, 3.63) is 65.2 Å².